The number of hydrogen-bond donors (Lipinski definition) is 1. The first kappa shape index (κ1) is 14.8. The van der Waals surface area contributed by atoms with Crippen molar-refractivity contribution in [3.63, 3.8) is 0 Å². The van der Waals surface area contributed by atoms with Crippen molar-refractivity contribution in [1.82, 2.24) is 4.90 Å². The highest BCUT2D eigenvalue weighted by Crippen LogP contribution is 2.29. The minimum atomic E-state index is 0.467. The molecule has 2 atom stereocenters. The Labute approximate surface area is 127 Å². The monoisotopic (exact) mass is 290 g/mol. The van der Waals surface area contributed by atoms with E-state index < -0.39 is 0 Å². The van der Waals surface area contributed by atoms with Crippen molar-refractivity contribution in [3.05, 3.63) is 29.8 Å². The molecule has 1 saturated carbocycles. The van der Waals surface area contributed by atoms with Crippen LogP contribution < -0.4 is 10.5 Å². The summed E-state index contributed by atoms with van der Waals surface area (Å²) < 4.78 is 11.7. The van der Waals surface area contributed by atoms with Crippen LogP contribution in [0.1, 0.15) is 24.8 Å². The molecule has 1 saturated heterocycles. The van der Waals surface area contributed by atoms with E-state index in [9.17, 15) is 0 Å². The van der Waals surface area contributed by atoms with Crippen molar-refractivity contribution >= 4 is 0 Å². The van der Waals surface area contributed by atoms with Crippen LogP contribution in [-0.4, -0.2) is 49.9 Å². The molecule has 116 valence electrons. The van der Waals surface area contributed by atoms with Gasteiger partial charge in [0, 0.05) is 19.1 Å². The Morgan fingerprint density at radius 2 is 2.10 bits per heavy atom. The van der Waals surface area contributed by atoms with Gasteiger partial charge in [0.1, 0.15) is 12.4 Å². The van der Waals surface area contributed by atoms with E-state index in [2.05, 4.69) is 17.0 Å². The number of morpholine rings is 1. The van der Waals surface area contributed by atoms with Crippen LogP contribution in [0.4, 0.5) is 0 Å². The summed E-state index contributed by atoms with van der Waals surface area (Å²) >= 11 is 0. The summed E-state index contributed by atoms with van der Waals surface area (Å²) in [5, 5.41) is 0. The van der Waals surface area contributed by atoms with E-state index in [1.807, 2.05) is 12.1 Å². The first-order valence-corrected chi connectivity index (χ1v) is 8.14. The third-order valence-electron chi connectivity index (χ3n) is 4.60. The molecule has 0 aromatic heterocycles. The molecule has 0 spiro atoms. The van der Waals surface area contributed by atoms with Crippen molar-refractivity contribution in [2.75, 3.05) is 32.8 Å². The van der Waals surface area contributed by atoms with Gasteiger partial charge in [-0.25, -0.2) is 0 Å². The van der Waals surface area contributed by atoms with Gasteiger partial charge in [-0.1, -0.05) is 12.1 Å². The number of hydrogen-bond acceptors (Lipinski definition) is 4. The third-order valence-corrected chi connectivity index (χ3v) is 4.60. The van der Waals surface area contributed by atoms with Crippen molar-refractivity contribution in [2.24, 2.45) is 5.73 Å². The first-order valence-electron chi connectivity index (χ1n) is 8.14. The van der Waals surface area contributed by atoms with Gasteiger partial charge in [-0.2, -0.15) is 0 Å². The number of fused-ring (bicyclic) bond motifs is 1. The van der Waals surface area contributed by atoms with Gasteiger partial charge in [0.2, 0.25) is 0 Å². The van der Waals surface area contributed by atoms with E-state index in [0.717, 1.165) is 38.5 Å². The second-order valence-corrected chi connectivity index (χ2v) is 5.97. The molecule has 0 radical (unpaired) electrons. The summed E-state index contributed by atoms with van der Waals surface area (Å²) in [6, 6.07) is 8.91. The summed E-state index contributed by atoms with van der Waals surface area (Å²) in [5.74, 6) is 0.951. The highest BCUT2D eigenvalue weighted by atomic mass is 16.5. The maximum absolute atomic E-state index is 5.88. The van der Waals surface area contributed by atoms with Gasteiger partial charge in [-0.15, -0.1) is 0 Å². The molecule has 0 amide bonds. The number of rotatable bonds is 6. The van der Waals surface area contributed by atoms with Gasteiger partial charge >= 0.3 is 0 Å². The maximum atomic E-state index is 5.88. The fraction of sp³-hybridized carbons (Fsp3) is 0.647. The molecule has 1 heterocycles. The highest BCUT2D eigenvalue weighted by Gasteiger charge is 2.35. The van der Waals surface area contributed by atoms with Crippen molar-refractivity contribution in [1.29, 1.82) is 0 Å². The Morgan fingerprint density at radius 1 is 1.24 bits per heavy atom. The lowest BCUT2D eigenvalue weighted by atomic mass is 10.1. The van der Waals surface area contributed by atoms with Gasteiger partial charge < -0.3 is 15.2 Å². The molecule has 4 heteroatoms. The summed E-state index contributed by atoms with van der Waals surface area (Å²) in [6.07, 6.45) is 5.20. The molecule has 21 heavy (non-hydrogen) atoms. The second-order valence-electron chi connectivity index (χ2n) is 5.97. The van der Waals surface area contributed by atoms with Crippen LogP contribution in [0.25, 0.3) is 0 Å². The molecule has 2 N–H and O–H groups in total. The van der Waals surface area contributed by atoms with E-state index >= 15 is 0 Å². The minimum absolute atomic E-state index is 0.467. The smallest absolute Gasteiger partial charge is 0.119 e. The molecule has 2 fully saturated rings. The van der Waals surface area contributed by atoms with Gasteiger partial charge in [0.05, 0.1) is 12.7 Å². The zero-order valence-corrected chi connectivity index (χ0v) is 12.7. The molecule has 2 unspecified atom stereocenters. The highest BCUT2D eigenvalue weighted by molar-refractivity contribution is 5.27. The second kappa shape index (κ2) is 7.25. The third kappa shape index (κ3) is 3.76. The molecule has 4 nitrogen and oxygen atoms in total. The molecule has 1 aliphatic carbocycles. The quantitative estimate of drug-likeness (QED) is 0.868. The summed E-state index contributed by atoms with van der Waals surface area (Å²) in [7, 11) is 0. The van der Waals surface area contributed by atoms with E-state index in [1.54, 1.807) is 0 Å². The Kier molecular flexibility index (Phi) is 5.12. The van der Waals surface area contributed by atoms with E-state index in [-0.39, 0.29) is 0 Å². The van der Waals surface area contributed by atoms with Gasteiger partial charge in [-0.05, 0) is 49.9 Å². The number of nitrogens with two attached hydrogens (primary N) is 1. The van der Waals surface area contributed by atoms with Crippen LogP contribution >= 0.6 is 0 Å². The summed E-state index contributed by atoms with van der Waals surface area (Å²) in [4.78, 5) is 2.55. The van der Waals surface area contributed by atoms with E-state index in [0.29, 0.717) is 18.7 Å². The molecule has 2 aliphatic rings. The first-order chi connectivity index (χ1) is 10.4. The fourth-order valence-electron chi connectivity index (χ4n) is 3.48. The number of ether oxygens (including phenoxy) is 2. The van der Waals surface area contributed by atoms with Gasteiger partial charge in [0.25, 0.3) is 0 Å². The molecule has 1 aromatic carbocycles. The Morgan fingerprint density at radius 3 is 2.90 bits per heavy atom. The average Bonchev–Trinajstić information content (AvgIpc) is 2.99. The standard InChI is InChI=1S/C17H26N2O2/c18-9-8-14-4-6-15(7-5-14)20-12-10-19-11-13-21-17-3-1-2-16(17)19/h4-7,16-17H,1-3,8-13,18H2. The largest absolute Gasteiger partial charge is 0.492 e. The summed E-state index contributed by atoms with van der Waals surface area (Å²) in [6.45, 7) is 4.35. The summed E-state index contributed by atoms with van der Waals surface area (Å²) in [5.41, 5.74) is 6.83. The van der Waals surface area contributed by atoms with Crippen molar-refractivity contribution in [2.45, 2.75) is 37.8 Å². The van der Waals surface area contributed by atoms with E-state index in [1.165, 1.54) is 24.8 Å². The zero-order valence-electron chi connectivity index (χ0n) is 12.7. The molecule has 1 aliphatic heterocycles. The SMILES string of the molecule is NCCc1ccc(OCCN2CCOC3CCCC32)cc1. The zero-order chi connectivity index (χ0) is 14.5. The molecule has 3 rings (SSSR count). The maximum Gasteiger partial charge on any atom is 0.119 e. The predicted octanol–water partition coefficient (Wildman–Crippen LogP) is 1.82. The lowest BCUT2D eigenvalue weighted by Gasteiger charge is -2.37. The number of benzene rings is 1. The normalized spacial score (nSPS) is 25.8. The Balaban J connectivity index is 1.45. The van der Waals surface area contributed by atoms with Crippen LogP contribution in [0.5, 0.6) is 5.75 Å². The average molecular weight is 290 g/mol. The van der Waals surface area contributed by atoms with Crippen LogP contribution in [0.15, 0.2) is 24.3 Å². The van der Waals surface area contributed by atoms with Crippen molar-refractivity contribution in [3.8, 4) is 5.75 Å². The fourth-order valence-corrected chi connectivity index (χ4v) is 3.48. The molecule has 1 aromatic rings. The number of nitrogens with zero attached hydrogens (tertiary/aromatic N) is 1. The van der Waals surface area contributed by atoms with E-state index in [4.69, 9.17) is 15.2 Å². The van der Waals surface area contributed by atoms with Crippen LogP contribution in [0, 0.1) is 0 Å². The topological polar surface area (TPSA) is 47.7 Å². The minimum Gasteiger partial charge on any atom is -0.492 e. The molecular weight excluding hydrogens is 264 g/mol. The lowest BCUT2D eigenvalue weighted by Crippen LogP contribution is -2.49. The van der Waals surface area contributed by atoms with Gasteiger partial charge in [-0.3, -0.25) is 4.90 Å². The predicted molar refractivity (Wildman–Crippen MR) is 83.6 cm³/mol. The molecular formula is C17H26N2O2. The van der Waals surface area contributed by atoms with Crippen LogP contribution in [-0.2, 0) is 11.2 Å². The van der Waals surface area contributed by atoms with Crippen LogP contribution in [0.3, 0.4) is 0 Å². The van der Waals surface area contributed by atoms with Crippen molar-refractivity contribution < 1.29 is 9.47 Å². The Hall–Kier alpha value is -1.10. The van der Waals surface area contributed by atoms with Crippen LogP contribution in [0.2, 0.25) is 0 Å². The Bertz CT molecular complexity index is 435. The van der Waals surface area contributed by atoms with Gasteiger partial charge in [0.15, 0.2) is 0 Å². The lowest BCUT2D eigenvalue weighted by molar-refractivity contribution is -0.0583. The molecule has 0 bridgehead atoms.